The highest BCUT2D eigenvalue weighted by Gasteiger charge is 2.23. The molecule has 0 bridgehead atoms. The molecule has 1 aromatic rings. The van der Waals surface area contributed by atoms with Crippen LogP contribution < -0.4 is 9.46 Å². The normalized spacial score (nSPS) is 19.2. The van der Waals surface area contributed by atoms with Gasteiger partial charge >= 0.3 is 0 Å². The van der Waals surface area contributed by atoms with E-state index in [4.69, 9.17) is 9.84 Å². The Labute approximate surface area is 123 Å². The monoisotopic (exact) mass is 317 g/mol. The first-order valence-corrected chi connectivity index (χ1v) is 9.06. The molecular weight excluding hydrogens is 298 g/mol. The zero-order valence-electron chi connectivity index (χ0n) is 11.3. The molecular formula is C13H19NO4S2. The highest BCUT2D eigenvalue weighted by Crippen LogP contribution is 2.26. The van der Waals surface area contributed by atoms with Crippen LogP contribution in [0.1, 0.15) is 12.0 Å². The first kappa shape index (κ1) is 15.6. The van der Waals surface area contributed by atoms with Crippen molar-refractivity contribution in [2.24, 2.45) is 5.92 Å². The minimum absolute atomic E-state index is 0.0807. The van der Waals surface area contributed by atoms with Gasteiger partial charge in [-0.15, -0.1) is 0 Å². The SMILES string of the molecule is COc1ccc(CO)cc1S(=O)(=O)NCC1CCSC1. The topological polar surface area (TPSA) is 75.6 Å². The Kier molecular flexibility index (Phi) is 5.31. The van der Waals surface area contributed by atoms with E-state index in [0.717, 1.165) is 17.9 Å². The minimum atomic E-state index is -3.62. The van der Waals surface area contributed by atoms with Gasteiger partial charge in [0, 0.05) is 6.54 Å². The molecule has 1 heterocycles. The minimum Gasteiger partial charge on any atom is -0.495 e. The average molecular weight is 317 g/mol. The predicted octanol–water partition coefficient (Wildman–Crippen LogP) is 1.22. The van der Waals surface area contributed by atoms with Crippen molar-refractivity contribution in [2.75, 3.05) is 25.2 Å². The second kappa shape index (κ2) is 6.80. The van der Waals surface area contributed by atoms with Crippen LogP contribution in [0.4, 0.5) is 0 Å². The molecule has 0 aliphatic carbocycles. The lowest BCUT2D eigenvalue weighted by molar-refractivity contribution is 0.281. The fraction of sp³-hybridized carbons (Fsp3) is 0.538. The number of thioether (sulfide) groups is 1. The fourth-order valence-electron chi connectivity index (χ4n) is 2.08. The quantitative estimate of drug-likeness (QED) is 0.825. The first-order valence-electron chi connectivity index (χ1n) is 6.42. The largest absolute Gasteiger partial charge is 0.495 e. The van der Waals surface area contributed by atoms with E-state index in [0.29, 0.717) is 18.0 Å². The van der Waals surface area contributed by atoms with E-state index < -0.39 is 10.0 Å². The molecule has 2 N–H and O–H groups in total. The summed E-state index contributed by atoms with van der Waals surface area (Å²) < 4.78 is 32.5. The summed E-state index contributed by atoms with van der Waals surface area (Å²) in [5, 5.41) is 9.14. The van der Waals surface area contributed by atoms with Gasteiger partial charge < -0.3 is 9.84 Å². The third-order valence-electron chi connectivity index (χ3n) is 3.29. The highest BCUT2D eigenvalue weighted by molar-refractivity contribution is 7.99. The molecule has 7 heteroatoms. The molecule has 0 aromatic heterocycles. The Morgan fingerprint density at radius 2 is 2.30 bits per heavy atom. The van der Waals surface area contributed by atoms with Crippen molar-refractivity contribution in [1.29, 1.82) is 0 Å². The zero-order valence-corrected chi connectivity index (χ0v) is 13.0. The van der Waals surface area contributed by atoms with Gasteiger partial charge in [-0.1, -0.05) is 6.07 Å². The van der Waals surface area contributed by atoms with Crippen LogP contribution in [-0.4, -0.2) is 38.7 Å². The maximum absolute atomic E-state index is 12.4. The Bertz CT molecular complexity index is 553. The summed E-state index contributed by atoms with van der Waals surface area (Å²) >= 11 is 1.85. The molecule has 1 aromatic carbocycles. The van der Waals surface area contributed by atoms with Gasteiger partial charge in [-0.3, -0.25) is 0 Å². The number of methoxy groups -OCH3 is 1. The lowest BCUT2D eigenvalue weighted by atomic mass is 10.1. The molecule has 1 atom stereocenters. The van der Waals surface area contributed by atoms with E-state index in [2.05, 4.69) is 4.72 Å². The second-order valence-electron chi connectivity index (χ2n) is 4.72. The summed E-state index contributed by atoms with van der Waals surface area (Å²) in [7, 11) is -2.19. The van der Waals surface area contributed by atoms with Crippen LogP contribution in [0.2, 0.25) is 0 Å². The smallest absolute Gasteiger partial charge is 0.244 e. The van der Waals surface area contributed by atoms with Gasteiger partial charge in [-0.05, 0) is 41.5 Å². The van der Waals surface area contributed by atoms with Crippen LogP contribution in [0.5, 0.6) is 5.75 Å². The van der Waals surface area contributed by atoms with Crippen molar-refractivity contribution in [3.8, 4) is 5.75 Å². The third-order valence-corrected chi connectivity index (χ3v) is 5.96. The lowest BCUT2D eigenvalue weighted by Crippen LogP contribution is -2.29. The number of ether oxygens (including phenoxy) is 1. The molecule has 112 valence electrons. The molecule has 1 aliphatic heterocycles. The van der Waals surface area contributed by atoms with Gasteiger partial charge in [-0.25, -0.2) is 13.1 Å². The predicted molar refractivity (Wildman–Crippen MR) is 79.5 cm³/mol. The number of nitrogens with one attached hydrogen (secondary N) is 1. The molecule has 1 aliphatic rings. The van der Waals surface area contributed by atoms with Crippen molar-refractivity contribution in [3.63, 3.8) is 0 Å². The molecule has 1 saturated heterocycles. The first-order chi connectivity index (χ1) is 9.56. The highest BCUT2D eigenvalue weighted by atomic mass is 32.2. The Hall–Kier alpha value is -0.760. The number of hydrogen-bond donors (Lipinski definition) is 2. The molecule has 5 nitrogen and oxygen atoms in total. The second-order valence-corrected chi connectivity index (χ2v) is 7.61. The van der Waals surface area contributed by atoms with Crippen molar-refractivity contribution in [1.82, 2.24) is 4.72 Å². The van der Waals surface area contributed by atoms with E-state index in [1.807, 2.05) is 11.8 Å². The molecule has 1 unspecified atom stereocenters. The number of sulfonamides is 1. The van der Waals surface area contributed by atoms with Crippen LogP contribution in [0, 0.1) is 5.92 Å². The summed E-state index contributed by atoms with van der Waals surface area (Å²) in [6.07, 6.45) is 1.04. The van der Waals surface area contributed by atoms with Crippen molar-refractivity contribution in [2.45, 2.75) is 17.9 Å². The Morgan fingerprint density at radius 1 is 1.50 bits per heavy atom. The molecule has 0 amide bonds. The number of benzene rings is 1. The van der Waals surface area contributed by atoms with Crippen molar-refractivity contribution in [3.05, 3.63) is 23.8 Å². The summed E-state index contributed by atoms with van der Waals surface area (Å²) in [5.41, 5.74) is 0.544. The van der Waals surface area contributed by atoms with Crippen LogP contribution >= 0.6 is 11.8 Å². The van der Waals surface area contributed by atoms with Gasteiger partial charge in [0.2, 0.25) is 10.0 Å². The summed E-state index contributed by atoms with van der Waals surface area (Å²) in [4.78, 5) is 0.0807. The van der Waals surface area contributed by atoms with Crippen molar-refractivity contribution >= 4 is 21.8 Å². The van der Waals surface area contributed by atoms with E-state index in [-0.39, 0.29) is 17.3 Å². The van der Waals surface area contributed by atoms with E-state index in [1.165, 1.54) is 13.2 Å². The number of aliphatic hydroxyl groups is 1. The van der Waals surface area contributed by atoms with E-state index in [1.54, 1.807) is 12.1 Å². The van der Waals surface area contributed by atoms with Gasteiger partial charge in [0.25, 0.3) is 0 Å². The number of hydrogen-bond acceptors (Lipinski definition) is 5. The molecule has 0 spiro atoms. The van der Waals surface area contributed by atoms with E-state index in [9.17, 15) is 8.42 Å². The van der Waals surface area contributed by atoms with Gasteiger partial charge in [0.15, 0.2) is 0 Å². The Balaban J connectivity index is 2.18. The van der Waals surface area contributed by atoms with Gasteiger partial charge in [0.05, 0.1) is 13.7 Å². The summed E-state index contributed by atoms with van der Waals surface area (Å²) in [6, 6.07) is 4.65. The van der Waals surface area contributed by atoms with Gasteiger partial charge in [0.1, 0.15) is 10.6 Å². The zero-order chi connectivity index (χ0) is 14.6. The maximum Gasteiger partial charge on any atom is 0.244 e. The third kappa shape index (κ3) is 3.66. The van der Waals surface area contributed by atoms with Gasteiger partial charge in [-0.2, -0.15) is 11.8 Å². The Morgan fingerprint density at radius 3 is 2.90 bits per heavy atom. The molecule has 20 heavy (non-hydrogen) atoms. The lowest BCUT2D eigenvalue weighted by Gasteiger charge is -2.14. The average Bonchev–Trinajstić information content (AvgIpc) is 2.98. The fourth-order valence-corrected chi connectivity index (χ4v) is 4.70. The molecule has 0 saturated carbocycles. The molecule has 1 fully saturated rings. The maximum atomic E-state index is 12.4. The van der Waals surface area contributed by atoms with E-state index >= 15 is 0 Å². The van der Waals surface area contributed by atoms with Crippen molar-refractivity contribution < 1.29 is 18.3 Å². The number of rotatable bonds is 6. The summed E-state index contributed by atoms with van der Waals surface area (Å²) in [5.74, 6) is 2.77. The molecule has 0 radical (unpaired) electrons. The standard InChI is InChI=1S/C13H19NO4S2/c1-18-12-3-2-10(8-15)6-13(12)20(16,17)14-7-11-4-5-19-9-11/h2-3,6,11,14-15H,4-5,7-9H2,1H3. The summed E-state index contributed by atoms with van der Waals surface area (Å²) in [6.45, 7) is 0.244. The van der Waals surface area contributed by atoms with Crippen LogP contribution in [0.15, 0.2) is 23.1 Å². The molecule has 2 rings (SSSR count). The van der Waals surface area contributed by atoms with Crippen LogP contribution in [0.25, 0.3) is 0 Å². The van der Waals surface area contributed by atoms with Crippen LogP contribution in [-0.2, 0) is 16.6 Å². The number of aliphatic hydroxyl groups excluding tert-OH is 1. The van der Waals surface area contributed by atoms with Crippen LogP contribution in [0.3, 0.4) is 0 Å².